The molecule has 0 aliphatic rings. The zero-order chi connectivity index (χ0) is 23.5. The van der Waals surface area contributed by atoms with Crippen molar-refractivity contribution in [2.45, 2.75) is 16.2 Å². The summed E-state index contributed by atoms with van der Waals surface area (Å²) in [5.41, 5.74) is 2.93. The van der Waals surface area contributed by atoms with Crippen LogP contribution in [0.15, 0.2) is 75.2 Å². The molecule has 0 saturated carbocycles. The summed E-state index contributed by atoms with van der Waals surface area (Å²) in [6, 6.07) is 18.9. The van der Waals surface area contributed by atoms with E-state index in [0.717, 1.165) is 32.1 Å². The van der Waals surface area contributed by atoms with Crippen LogP contribution >= 0.6 is 11.8 Å². The number of imidazole rings is 1. The minimum atomic E-state index is -0.153. The Balaban J connectivity index is 1.69. The molecule has 3 aromatic carbocycles. The summed E-state index contributed by atoms with van der Waals surface area (Å²) >= 11 is 1.51. The van der Waals surface area contributed by atoms with Crippen LogP contribution in [0.5, 0.6) is 11.5 Å². The normalized spacial score (nSPS) is 10.9. The highest BCUT2D eigenvalue weighted by Crippen LogP contribution is 2.37. The third-order valence-electron chi connectivity index (χ3n) is 5.43. The van der Waals surface area contributed by atoms with Gasteiger partial charge in [-0.25, -0.2) is 4.79 Å². The molecule has 0 bridgehead atoms. The molecule has 0 aliphatic heterocycles. The molecule has 0 spiro atoms. The van der Waals surface area contributed by atoms with Crippen molar-refractivity contribution >= 4 is 34.4 Å². The second-order valence-electron chi connectivity index (χ2n) is 7.59. The van der Waals surface area contributed by atoms with Crippen LogP contribution in [0.4, 0.5) is 5.69 Å². The van der Waals surface area contributed by atoms with Crippen molar-refractivity contribution < 1.29 is 14.3 Å². The van der Waals surface area contributed by atoms with Gasteiger partial charge in [0.1, 0.15) is 11.5 Å². The topological polar surface area (TPSA) is 74.5 Å². The van der Waals surface area contributed by atoms with Crippen molar-refractivity contribution in [3.05, 3.63) is 76.7 Å². The molecule has 0 unspecified atom stereocenters. The van der Waals surface area contributed by atoms with Gasteiger partial charge < -0.3 is 14.8 Å². The number of fused-ring (bicyclic) bond motifs is 1. The van der Waals surface area contributed by atoms with Crippen LogP contribution in [-0.2, 0) is 25.3 Å². The van der Waals surface area contributed by atoms with Crippen molar-refractivity contribution in [2.75, 3.05) is 19.5 Å². The van der Waals surface area contributed by atoms with Gasteiger partial charge in [-0.15, -0.1) is 0 Å². The van der Waals surface area contributed by atoms with Crippen molar-refractivity contribution in [1.82, 2.24) is 9.13 Å². The van der Waals surface area contributed by atoms with Gasteiger partial charge in [-0.1, -0.05) is 23.9 Å². The lowest BCUT2D eigenvalue weighted by molar-refractivity contribution is -0.115. The Labute approximate surface area is 195 Å². The van der Waals surface area contributed by atoms with E-state index in [9.17, 15) is 9.59 Å². The number of nitrogens with one attached hydrogen (secondary N) is 1. The zero-order valence-corrected chi connectivity index (χ0v) is 19.7. The maximum absolute atomic E-state index is 12.9. The van der Waals surface area contributed by atoms with E-state index in [1.54, 1.807) is 37.4 Å². The monoisotopic (exact) mass is 463 g/mol. The Hall–Kier alpha value is -3.65. The van der Waals surface area contributed by atoms with E-state index in [4.69, 9.17) is 9.47 Å². The number of hydrogen-bond acceptors (Lipinski definition) is 5. The van der Waals surface area contributed by atoms with E-state index >= 15 is 0 Å². The predicted octanol–water partition coefficient (Wildman–Crippen LogP) is 4.23. The van der Waals surface area contributed by atoms with Gasteiger partial charge in [0, 0.05) is 23.9 Å². The van der Waals surface area contributed by atoms with Crippen molar-refractivity contribution in [3.63, 3.8) is 0 Å². The number of aromatic nitrogens is 2. The highest BCUT2D eigenvalue weighted by Gasteiger charge is 2.16. The number of ether oxygens (including phenoxy) is 2. The van der Waals surface area contributed by atoms with Crippen molar-refractivity contribution in [3.8, 4) is 11.5 Å². The number of methoxy groups -OCH3 is 2. The third kappa shape index (κ3) is 4.75. The Morgan fingerprint density at radius 3 is 2.24 bits per heavy atom. The number of benzene rings is 3. The van der Waals surface area contributed by atoms with Gasteiger partial charge in [0.2, 0.25) is 5.91 Å². The Morgan fingerprint density at radius 2 is 1.58 bits per heavy atom. The quantitative estimate of drug-likeness (QED) is 0.444. The van der Waals surface area contributed by atoms with E-state index in [0.29, 0.717) is 11.4 Å². The SMILES string of the molecule is COc1ccc(Sc2cc3c(cc2NC(=O)Cc2cccc(OC)c2)n(C)c(=O)n3C)cc1. The molecule has 1 N–H and O–H groups in total. The predicted molar refractivity (Wildman–Crippen MR) is 131 cm³/mol. The second-order valence-corrected chi connectivity index (χ2v) is 8.71. The molecule has 0 saturated heterocycles. The molecule has 0 atom stereocenters. The number of carbonyl (C=O) groups excluding carboxylic acids is 1. The lowest BCUT2D eigenvalue weighted by atomic mass is 10.1. The van der Waals surface area contributed by atoms with E-state index in [1.165, 1.54) is 11.8 Å². The number of rotatable bonds is 7. The number of anilines is 1. The fraction of sp³-hybridized carbons (Fsp3) is 0.200. The van der Waals surface area contributed by atoms with Crippen LogP contribution in [0.1, 0.15) is 5.56 Å². The molecular formula is C25H25N3O4S. The summed E-state index contributed by atoms with van der Waals surface area (Å²) in [6.45, 7) is 0. The van der Waals surface area contributed by atoms with Crippen LogP contribution in [-0.4, -0.2) is 29.3 Å². The Bertz CT molecular complexity index is 1370. The maximum atomic E-state index is 12.9. The van der Waals surface area contributed by atoms with E-state index in [2.05, 4.69) is 5.32 Å². The van der Waals surface area contributed by atoms with Gasteiger partial charge >= 0.3 is 5.69 Å². The molecule has 4 rings (SSSR count). The lowest BCUT2D eigenvalue weighted by Crippen LogP contribution is -2.19. The summed E-state index contributed by atoms with van der Waals surface area (Å²) in [4.78, 5) is 27.2. The van der Waals surface area contributed by atoms with E-state index < -0.39 is 0 Å². The summed E-state index contributed by atoms with van der Waals surface area (Å²) in [5.74, 6) is 1.32. The molecule has 0 fully saturated rings. The highest BCUT2D eigenvalue weighted by atomic mass is 32.2. The minimum absolute atomic E-state index is 0.120. The first kappa shape index (κ1) is 22.5. The van der Waals surface area contributed by atoms with E-state index in [-0.39, 0.29) is 18.0 Å². The van der Waals surface area contributed by atoms with Crippen LogP contribution in [0.3, 0.4) is 0 Å². The van der Waals surface area contributed by atoms with Crippen molar-refractivity contribution in [1.29, 1.82) is 0 Å². The molecule has 170 valence electrons. The van der Waals surface area contributed by atoms with Crippen LogP contribution in [0, 0.1) is 0 Å². The first-order valence-electron chi connectivity index (χ1n) is 10.3. The van der Waals surface area contributed by atoms with Gasteiger partial charge in [0.25, 0.3) is 0 Å². The van der Waals surface area contributed by atoms with Gasteiger partial charge in [-0.05, 0) is 54.1 Å². The van der Waals surface area contributed by atoms with Crippen LogP contribution in [0.25, 0.3) is 11.0 Å². The number of nitrogens with zero attached hydrogens (tertiary/aromatic N) is 2. The largest absolute Gasteiger partial charge is 0.497 e. The molecule has 1 aromatic heterocycles. The van der Waals surface area contributed by atoms with Gasteiger partial charge in [0.05, 0.1) is 37.4 Å². The van der Waals surface area contributed by atoms with Crippen LogP contribution < -0.4 is 20.5 Å². The average molecular weight is 464 g/mol. The summed E-state index contributed by atoms with van der Waals surface area (Å²) in [5, 5.41) is 3.04. The molecule has 1 heterocycles. The first-order valence-corrected chi connectivity index (χ1v) is 11.2. The number of aryl methyl sites for hydroxylation is 2. The number of hydrogen-bond donors (Lipinski definition) is 1. The van der Waals surface area contributed by atoms with Gasteiger partial charge in [0.15, 0.2) is 0 Å². The molecule has 0 aliphatic carbocycles. The maximum Gasteiger partial charge on any atom is 0.328 e. The highest BCUT2D eigenvalue weighted by molar-refractivity contribution is 7.99. The first-order chi connectivity index (χ1) is 15.9. The summed E-state index contributed by atoms with van der Waals surface area (Å²) in [7, 11) is 6.69. The minimum Gasteiger partial charge on any atom is -0.497 e. The molecule has 1 amide bonds. The number of amides is 1. The lowest BCUT2D eigenvalue weighted by Gasteiger charge is -2.13. The fourth-order valence-electron chi connectivity index (χ4n) is 3.64. The Morgan fingerprint density at radius 1 is 0.909 bits per heavy atom. The molecule has 33 heavy (non-hydrogen) atoms. The number of carbonyl (C=O) groups is 1. The molecule has 8 heteroatoms. The van der Waals surface area contributed by atoms with Gasteiger partial charge in [-0.3, -0.25) is 13.9 Å². The molecule has 0 radical (unpaired) electrons. The summed E-state index contributed by atoms with van der Waals surface area (Å²) in [6.07, 6.45) is 0.204. The van der Waals surface area contributed by atoms with Crippen molar-refractivity contribution in [2.24, 2.45) is 14.1 Å². The third-order valence-corrected chi connectivity index (χ3v) is 6.50. The molecule has 7 nitrogen and oxygen atoms in total. The van der Waals surface area contributed by atoms with E-state index in [1.807, 2.05) is 60.7 Å². The Kier molecular flexibility index (Phi) is 6.46. The van der Waals surface area contributed by atoms with Gasteiger partial charge in [-0.2, -0.15) is 0 Å². The smallest absolute Gasteiger partial charge is 0.328 e. The zero-order valence-electron chi connectivity index (χ0n) is 18.9. The molecular weight excluding hydrogens is 438 g/mol. The molecule has 4 aromatic rings. The summed E-state index contributed by atoms with van der Waals surface area (Å²) < 4.78 is 13.7. The van der Waals surface area contributed by atoms with Crippen LogP contribution in [0.2, 0.25) is 0 Å². The standard InChI is InChI=1S/C25H25N3O4S/c1-27-21-14-20(26-24(29)13-16-6-5-7-18(12-16)32-4)23(15-22(21)28(2)25(27)30)33-19-10-8-17(31-3)9-11-19/h5-12,14-15H,13H2,1-4H3,(H,26,29). The average Bonchev–Trinajstić information content (AvgIpc) is 3.03. The fourth-order valence-corrected chi connectivity index (χ4v) is 4.56. The second kappa shape index (κ2) is 9.46.